The Balaban J connectivity index is 2.10. The van der Waals surface area contributed by atoms with Crippen LogP contribution in [-0.4, -0.2) is 4.98 Å². The third-order valence-electron chi connectivity index (χ3n) is 3.49. The molecule has 0 saturated heterocycles. The summed E-state index contributed by atoms with van der Waals surface area (Å²) in [7, 11) is 0. The first-order chi connectivity index (χ1) is 8.36. The molecule has 1 aromatic heterocycles. The van der Waals surface area contributed by atoms with Crippen LogP contribution in [0.3, 0.4) is 0 Å². The summed E-state index contributed by atoms with van der Waals surface area (Å²) >= 11 is 0. The molecule has 0 saturated carbocycles. The topological polar surface area (TPSA) is 38.9 Å². The molecule has 0 amide bonds. The van der Waals surface area contributed by atoms with Crippen LogP contribution in [0.5, 0.6) is 0 Å². The van der Waals surface area contributed by atoms with Gasteiger partial charge in [-0.2, -0.15) is 0 Å². The maximum absolute atomic E-state index is 6.37. The van der Waals surface area contributed by atoms with Crippen molar-refractivity contribution in [3.63, 3.8) is 0 Å². The van der Waals surface area contributed by atoms with Crippen molar-refractivity contribution in [1.82, 2.24) is 4.98 Å². The summed E-state index contributed by atoms with van der Waals surface area (Å²) in [5.74, 6) is 0. The molecule has 3 rings (SSSR count). The minimum atomic E-state index is 0.0328. The molecule has 2 nitrogen and oxygen atoms in total. The quantitative estimate of drug-likeness (QED) is 0.794. The van der Waals surface area contributed by atoms with Gasteiger partial charge in [0.15, 0.2) is 0 Å². The van der Waals surface area contributed by atoms with Gasteiger partial charge in [0.05, 0.1) is 11.6 Å². The van der Waals surface area contributed by atoms with Gasteiger partial charge in [-0.25, -0.2) is 0 Å². The second-order valence-electron chi connectivity index (χ2n) is 4.57. The van der Waals surface area contributed by atoms with Crippen molar-refractivity contribution >= 4 is 10.9 Å². The molecule has 1 atom stereocenters. The lowest BCUT2D eigenvalue weighted by Gasteiger charge is -2.15. The zero-order valence-corrected chi connectivity index (χ0v) is 9.76. The Labute approximate surface area is 101 Å². The van der Waals surface area contributed by atoms with Gasteiger partial charge < -0.3 is 5.73 Å². The highest BCUT2D eigenvalue weighted by Gasteiger charge is 2.16. The highest BCUT2D eigenvalue weighted by atomic mass is 14.7. The second-order valence-corrected chi connectivity index (χ2v) is 4.57. The molecule has 86 valence electrons. The predicted molar refractivity (Wildman–Crippen MR) is 70.6 cm³/mol. The van der Waals surface area contributed by atoms with E-state index < -0.39 is 0 Å². The number of hydrogen-bond donors (Lipinski definition) is 1. The van der Waals surface area contributed by atoms with Gasteiger partial charge in [-0.15, -0.1) is 0 Å². The van der Waals surface area contributed by atoms with E-state index in [1.54, 1.807) is 0 Å². The molecule has 1 unspecified atom stereocenters. The molecule has 0 spiro atoms. The van der Waals surface area contributed by atoms with E-state index >= 15 is 0 Å². The van der Waals surface area contributed by atoms with Crippen LogP contribution in [0.15, 0.2) is 48.2 Å². The standard InChI is InChI=1S/C15H16N2/c16-15(11-5-1-2-6-11)13-7-3-9-14-12(13)8-4-10-17-14/h3-5,7-10,15H,1-2,6,16H2. The lowest BCUT2D eigenvalue weighted by atomic mass is 9.95. The summed E-state index contributed by atoms with van der Waals surface area (Å²) in [6, 6.07) is 10.3. The van der Waals surface area contributed by atoms with Gasteiger partial charge in [-0.3, -0.25) is 4.98 Å². The van der Waals surface area contributed by atoms with Crippen LogP contribution in [0.2, 0.25) is 0 Å². The van der Waals surface area contributed by atoms with Gasteiger partial charge in [0, 0.05) is 11.6 Å². The van der Waals surface area contributed by atoms with Crippen LogP contribution in [0.4, 0.5) is 0 Å². The third-order valence-corrected chi connectivity index (χ3v) is 3.49. The van der Waals surface area contributed by atoms with E-state index in [0.29, 0.717) is 0 Å². The number of aromatic nitrogens is 1. The molecule has 1 aromatic carbocycles. The van der Waals surface area contributed by atoms with E-state index in [1.165, 1.54) is 29.4 Å². The molecule has 1 aliphatic rings. The molecule has 2 N–H and O–H groups in total. The molecule has 0 aliphatic heterocycles. The van der Waals surface area contributed by atoms with Crippen LogP contribution in [0.1, 0.15) is 30.9 Å². The summed E-state index contributed by atoms with van der Waals surface area (Å²) in [6.07, 6.45) is 7.67. The molecule has 2 heteroatoms. The van der Waals surface area contributed by atoms with Gasteiger partial charge >= 0.3 is 0 Å². The van der Waals surface area contributed by atoms with E-state index in [4.69, 9.17) is 5.73 Å². The van der Waals surface area contributed by atoms with Gasteiger partial charge in [0.25, 0.3) is 0 Å². The Kier molecular flexibility index (Phi) is 2.65. The van der Waals surface area contributed by atoms with Crippen LogP contribution >= 0.6 is 0 Å². The van der Waals surface area contributed by atoms with Crippen LogP contribution < -0.4 is 5.73 Å². The third kappa shape index (κ3) is 1.85. The van der Waals surface area contributed by atoms with Crippen molar-refractivity contribution in [2.24, 2.45) is 5.73 Å². The zero-order chi connectivity index (χ0) is 11.7. The van der Waals surface area contributed by atoms with Crippen molar-refractivity contribution in [2.75, 3.05) is 0 Å². The Morgan fingerprint density at radius 2 is 2.12 bits per heavy atom. The Morgan fingerprint density at radius 1 is 1.18 bits per heavy atom. The number of hydrogen-bond acceptors (Lipinski definition) is 2. The maximum atomic E-state index is 6.37. The van der Waals surface area contributed by atoms with E-state index in [-0.39, 0.29) is 6.04 Å². The highest BCUT2D eigenvalue weighted by Crippen LogP contribution is 2.31. The van der Waals surface area contributed by atoms with Gasteiger partial charge in [-0.1, -0.05) is 29.8 Å². The summed E-state index contributed by atoms with van der Waals surface area (Å²) in [5.41, 5.74) is 9.97. The predicted octanol–water partition coefficient (Wildman–Crippen LogP) is 3.34. The number of fused-ring (bicyclic) bond motifs is 1. The fraction of sp³-hybridized carbons (Fsp3) is 0.267. The minimum Gasteiger partial charge on any atom is -0.321 e. The lowest BCUT2D eigenvalue weighted by molar-refractivity contribution is 0.789. The molecule has 2 aromatic rings. The van der Waals surface area contributed by atoms with E-state index in [2.05, 4.69) is 23.2 Å². The van der Waals surface area contributed by atoms with Crippen molar-refractivity contribution in [1.29, 1.82) is 0 Å². The fourth-order valence-electron chi connectivity index (χ4n) is 2.58. The number of pyridine rings is 1. The molecule has 1 heterocycles. The first-order valence-electron chi connectivity index (χ1n) is 6.14. The molecule has 1 aliphatic carbocycles. The Hall–Kier alpha value is -1.67. The summed E-state index contributed by atoms with van der Waals surface area (Å²) in [4.78, 5) is 4.38. The summed E-state index contributed by atoms with van der Waals surface area (Å²) < 4.78 is 0. The first kappa shape index (κ1) is 10.5. The minimum absolute atomic E-state index is 0.0328. The SMILES string of the molecule is NC(C1=CCCC1)c1cccc2ncccc12. The van der Waals surface area contributed by atoms with E-state index in [0.717, 1.165) is 11.9 Å². The maximum Gasteiger partial charge on any atom is 0.0705 e. The molecular weight excluding hydrogens is 208 g/mol. The molecule has 0 radical (unpaired) electrons. The average molecular weight is 224 g/mol. The first-order valence-corrected chi connectivity index (χ1v) is 6.14. The molecule has 0 fully saturated rings. The summed E-state index contributed by atoms with van der Waals surface area (Å²) in [5, 5.41) is 1.18. The average Bonchev–Trinajstić information content (AvgIpc) is 2.91. The molecule has 17 heavy (non-hydrogen) atoms. The van der Waals surface area contributed by atoms with Gasteiger partial charge in [0.1, 0.15) is 0 Å². The van der Waals surface area contributed by atoms with Crippen molar-refractivity contribution in [3.05, 3.63) is 53.7 Å². The highest BCUT2D eigenvalue weighted by molar-refractivity contribution is 5.82. The van der Waals surface area contributed by atoms with Crippen molar-refractivity contribution in [3.8, 4) is 0 Å². The molecule has 0 bridgehead atoms. The largest absolute Gasteiger partial charge is 0.321 e. The normalized spacial score (nSPS) is 17.1. The Morgan fingerprint density at radius 3 is 2.94 bits per heavy atom. The van der Waals surface area contributed by atoms with Crippen molar-refractivity contribution < 1.29 is 0 Å². The van der Waals surface area contributed by atoms with Crippen LogP contribution in [0.25, 0.3) is 10.9 Å². The number of benzene rings is 1. The smallest absolute Gasteiger partial charge is 0.0705 e. The lowest BCUT2D eigenvalue weighted by Crippen LogP contribution is -2.12. The summed E-state index contributed by atoms with van der Waals surface area (Å²) in [6.45, 7) is 0. The van der Waals surface area contributed by atoms with Gasteiger partial charge in [0.2, 0.25) is 0 Å². The van der Waals surface area contributed by atoms with E-state index in [1.807, 2.05) is 24.4 Å². The van der Waals surface area contributed by atoms with Crippen LogP contribution in [-0.2, 0) is 0 Å². The van der Waals surface area contributed by atoms with Gasteiger partial charge in [-0.05, 0) is 37.0 Å². The van der Waals surface area contributed by atoms with E-state index in [9.17, 15) is 0 Å². The number of nitrogens with zero attached hydrogens (tertiary/aromatic N) is 1. The second kappa shape index (κ2) is 4.30. The number of nitrogens with two attached hydrogens (primary N) is 1. The number of allylic oxidation sites excluding steroid dienone is 1. The number of rotatable bonds is 2. The van der Waals surface area contributed by atoms with Crippen molar-refractivity contribution in [2.45, 2.75) is 25.3 Å². The zero-order valence-electron chi connectivity index (χ0n) is 9.76. The fourth-order valence-corrected chi connectivity index (χ4v) is 2.58. The van der Waals surface area contributed by atoms with Crippen LogP contribution in [0, 0.1) is 0 Å². The Bertz CT molecular complexity index is 567. The molecular formula is C15H16N2. The monoisotopic (exact) mass is 224 g/mol.